The second-order valence-electron chi connectivity index (χ2n) is 6.28. The maximum absolute atomic E-state index is 12.3. The zero-order valence-corrected chi connectivity index (χ0v) is 15.6. The van der Waals surface area contributed by atoms with Crippen LogP contribution < -0.4 is 10.7 Å². The molecule has 0 saturated heterocycles. The van der Waals surface area contributed by atoms with Crippen molar-refractivity contribution in [3.8, 4) is 5.75 Å². The average Bonchev–Trinajstić information content (AvgIpc) is 2.99. The second kappa shape index (κ2) is 6.83. The highest BCUT2D eigenvalue weighted by Gasteiger charge is 2.20. The SMILES string of the molecule is O=c1cccc2c1c(O)c1c(Br)ccc3c(CNCCCCO)nn2c31. The van der Waals surface area contributed by atoms with Gasteiger partial charge in [-0.2, -0.15) is 5.10 Å². The molecular weight excluding hydrogens is 398 g/mol. The van der Waals surface area contributed by atoms with Crippen molar-refractivity contribution in [3.63, 3.8) is 0 Å². The molecule has 2 aromatic heterocycles. The summed E-state index contributed by atoms with van der Waals surface area (Å²) in [7, 11) is 0. The number of aliphatic hydroxyl groups excluding tert-OH is 1. The molecule has 0 radical (unpaired) electrons. The Labute approximate surface area is 157 Å². The largest absolute Gasteiger partial charge is 0.506 e. The maximum atomic E-state index is 12.3. The van der Waals surface area contributed by atoms with Gasteiger partial charge in [0, 0.05) is 23.0 Å². The van der Waals surface area contributed by atoms with Crippen molar-refractivity contribution < 1.29 is 10.2 Å². The third kappa shape index (κ3) is 2.63. The smallest absolute Gasteiger partial charge is 0.191 e. The number of fused-ring (bicyclic) bond motifs is 2. The van der Waals surface area contributed by atoms with Crippen molar-refractivity contribution >= 4 is 43.1 Å². The van der Waals surface area contributed by atoms with Gasteiger partial charge >= 0.3 is 0 Å². The fourth-order valence-electron chi connectivity index (χ4n) is 3.40. The first-order chi connectivity index (χ1) is 12.6. The Hall–Kier alpha value is -2.22. The van der Waals surface area contributed by atoms with E-state index in [2.05, 4.69) is 21.2 Å². The molecule has 4 rings (SSSR count). The molecule has 0 saturated carbocycles. The summed E-state index contributed by atoms with van der Waals surface area (Å²) in [5.41, 5.74) is 2.02. The van der Waals surface area contributed by atoms with E-state index in [0.717, 1.165) is 40.5 Å². The minimum Gasteiger partial charge on any atom is -0.506 e. The van der Waals surface area contributed by atoms with Crippen molar-refractivity contribution in [2.24, 2.45) is 0 Å². The maximum Gasteiger partial charge on any atom is 0.191 e. The quantitative estimate of drug-likeness (QED) is 0.333. The minimum absolute atomic E-state index is 0.0158. The number of halogens is 1. The molecule has 4 aromatic rings. The lowest BCUT2D eigenvalue weighted by atomic mass is 10.1. The van der Waals surface area contributed by atoms with E-state index in [4.69, 9.17) is 10.2 Å². The van der Waals surface area contributed by atoms with E-state index in [-0.39, 0.29) is 23.2 Å². The van der Waals surface area contributed by atoms with Gasteiger partial charge < -0.3 is 15.5 Å². The minimum atomic E-state index is -0.228. The zero-order valence-electron chi connectivity index (χ0n) is 14.0. The summed E-state index contributed by atoms with van der Waals surface area (Å²) in [6.45, 7) is 1.56. The van der Waals surface area contributed by atoms with Crippen molar-refractivity contribution in [1.82, 2.24) is 14.9 Å². The summed E-state index contributed by atoms with van der Waals surface area (Å²) in [6.07, 6.45) is 1.66. The lowest BCUT2D eigenvalue weighted by Crippen LogP contribution is -2.15. The summed E-state index contributed by atoms with van der Waals surface area (Å²) < 4.78 is 2.47. The van der Waals surface area contributed by atoms with Crippen molar-refractivity contribution in [3.05, 3.63) is 50.7 Å². The van der Waals surface area contributed by atoms with Crippen LogP contribution in [0.4, 0.5) is 0 Å². The molecule has 0 aliphatic heterocycles. The zero-order chi connectivity index (χ0) is 18.3. The third-order valence-electron chi connectivity index (χ3n) is 4.63. The van der Waals surface area contributed by atoms with E-state index < -0.39 is 0 Å². The number of hydrogen-bond acceptors (Lipinski definition) is 5. The summed E-state index contributed by atoms with van der Waals surface area (Å²) in [6, 6.07) is 8.75. The lowest BCUT2D eigenvalue weighted by Gasteiger charge is -2.09. The van der Waals surface area contributed by atoms with E-state index in [1.54, 1.807) is 16.6 Å². The highest BCUT2D eigenvalue weighted by Crippen LogP contribution is 2.39. The molecule has 0 spiro atoms. The topological polar surface area (TPSA) is 86.9 Å². The average molecular weight is 416 g/mol. The van der Waals surface area contributed by atoms with Crippen LogP contribution >= 0.6 is 15.9 Å². The molecule has 2 aromatic carbocycles. The van der Waals surface area contributed by atoms with Gasteiger partial charge in [0.2, 0.25) is 0 Å². The molecule has 0 aliphatic carbocycles. The first-order valence-corrected chi connectivity index (χ1v) is 9.31. The van der Waals surface area contributed by atoms with Crippen LogP contribution in [0.25, 0.3) is 27.2 Å². The number of aromatic hydroxyl groups is 1. The van der Waals surface area contributed by atoms with E-state index >= 15 is 0 Å². The molecule has 2 heterocycles. The Morgan fingerprint density at radius 2 is 2.00 bits per heavy atom. The number of benzene rings is 2. The van der Waals surface area contributed by atoms with Gasteiger partial charge in [-0.3, -0.25) is 4.79 Å². The van der Waals surface area contributed by atoms with Crippen LogP contribution in [0.5, 0.6) is 5.75 Å². The van der Waals surface area contributed by atoms with Crippen molar-refractivity contribution in [1.29, 1.82) is 0 Å². The normalized spacial score (nSPS) is 11.9. The van der Waals surface area contributed by atoms with Crippen LogP contribution in [0.2, 0.25) is 0 Å². The highest BCUT2D eigenvalue weighted by atomic mass is 79.9. The van der Waals surface area contributed by atoms with Crippen LogP contribution in [0.3, 0.4) is 0 Å². The van der Waals surface area contributed by atoms with Gasteiger partial charge in [0.1, 0.15) is 5.75 Å². The Kier molecular flexibility index (Phi) is 4.52. The fourth-order valence-corrected chi connectivity index (χ4v) is 3.91. The number of hydrogen-bond donors (Lipinski definition) is 3. The van der Waals surface area contributed by atoms with Crippen LogP contribution in [-0.4, -0.2) is 33.0 Å². The Morgan fingerprint density at radius 3 is 2.81 bits per heavy atom. The molecule has 0 aliphatic rings. The first-order valence-electron chi connectivity index (χ1n) is 8.52. The van der Waals surface area contributed by atoms with E-state index in [1.165, 1.54) is 6.07 Å². The molecule has 26 heavy (non-hydrogen) atoms. The predicted molar refractivity (Wildman–Crippen MR) is 105 cm³/mol. The standard InChI is InChI=1S/C19H18BrN3O3/c20-12-7-6-11-13(10-21-8-1-2-9-24)22-23-14-4-3-5-15(25)17(14)19(26)16(12)18(11)23/h3-7,21,24,26H,1-2,8-10H2. The van der Waals surface area contributed by atoms with Crippen LogP contribution in [0, 0.1) is 0 Å². The molecule has 6 nitrogen and oxygen atoms in total. The number of aliphatic hydroxyl groups is 1. The van der Waals surface area contributed by atoms with Gasteiger partial charge in [-0.1, -0.05) is 6.07 Å². The van der Waals surface area contributed by atoms with E-state index in [1.807, 2.05) is 12.1 Å². The van der Waals surface area contributed by atoms with Crippen molar-refractivity contribution in [2.75, 3.05) is 13.2 Å². The molecule has 134 valence electrons. The molecule has 0 atom stereocenters. The van der Waals surface area contributed by atoms with Gasteiger partial charge in [-0.15, -0.1) is 0 Å². The van der Waals surface area contributed by atoms with Gasteiger partial charge in [0.15, 0.2) is 5.43 Å². The fraction of sp³-hybridized carbons (Fsp3) is 0.263. The predicted octanol–water partition coefficient (Wildman–Crippen LogP) is 2.77. The summed E-state index contributed by atoms with van der Waals surface area (Å²) in [4.78, 5) is 12.3. The van der Waals surface area contributed by atoms with Gasteiger partial charge in [0.25, 0.3) is 0 Å². The van der Waals surface area contributed by atoms with E-state index in [0.29, 0.717) is 17.4 Å². The van der Waals surface area contributed by atoms with Crippen molar-refractivity contribution in [2.45, 2.75) is 19.4 Å². The van der Waals surface area contributed by atoms with Gasteiger partial charge in [-0.25, -0.2) is 4.52 Å². The number of nitrogens with zero attached hydrogens (tertiary/aromatic N) is 2. The Balaban J connectivity index is 1.92. The summed E-state index contributed by atoms with van der Waals surface area (Å²) in [5.74, 6) is -0.0158. The molecule has 0 amide bonds. The number of rotatable bonds is 6. The second-order valence-corrected chi connectivity index (χ2v) is 7.14. The number of unbranched alkanes of at least 4 members (excludes halogenated alkanes) is 1. The van der Waals surface area contributed by atoms with Gasteiger partial charge in [-0.05, 0) is 59.6 Å². The molecule has 0 unspecified atom stereocenters. The van der Waals surface area contributed by atoms with Crippen LogP contribution in [-0.2, 0) is 6.54 Å². The third-order valence-corrected chi connectivity index (χ3v) is 5.29. The number of pyridine rings is 1. The summed E-state index contributed by atoms with van der Waals surface area (Å²) in [5, 5.41) is 29.5. The molecule has 7 heteroatoms. The van der Waals surface area contributed by atoms with Crippen LogP contribution in [0.15, 0.2) is 39.6 Å². The summed E-state index contributed by atoms with van der Waals surface area (Å²) >= 11 is 3.49. The number of aromatic nitrogens is 2. The molecule has 3 N–H and O–H groups in total. The highest BCUT2D eigenvalue weighted by molar-refractivity contribution is 9.10. The molecule has 0 bridgehead atoms. The monoisotopic (exact) mass is 415 g/mol. The molecule has 0 fully saturated rings. The number of nitrogens with one attached hydrogen (secondary N) is 1. The lowest BCUT2D eigenvalue weighted by molar-refractivity contribution is 0.283. The Morgan fingerprint density at radius 1 is 1.15 bits per heavy atom. The Bertz CT molecular complexity index is 1160. The molecular formula is C19H18BrN3O3. The van der Waals surface area contributed by atoms with Gasteiger partial charge in [0.05, 0.1) is 27.5 Å². The van der Waals surface area contributed by atoms with Crippen LogP contribution in [0.1, 0.15) is 18.5 Å². The van der Waals surface area contributed by atoms with E-state index in [9.17, 15) is 9.90 Å². The first kappa shape index (κ1) is 17.2.